The summed E-state index contributed by atoms with van der Waals surface area (Å²) >= 11 is 1.69. The Kier molecular flexibility index (Phi) is 3.90. The van der Waals surface area contributed by atoms with E-state index in [1.807, 2.05) is 38.1 Å². The van der Waals surface area contributed by atoms with Gasteiger partial charge in [0.15, 0.2) is 0 Å². The lowest BCUT2D eigenvalue weighted by molar-refractivity contribution is 0.204. The lowest BCUT2D eigenvalue weighted by Crippen LogP contribution is -2.26. The molecule has 0 aliphatic heterocycles. The van der Waals surface area contributed by atoms with Crippen molar-refractivity contribution in [1.29, 1.82) is 0 Å². The smallest absolute Gasteiger partial charge is 0.147 e. The second kappa shape index (κ2) is 5.84. The first-order valence-electron chi connectivity index (χ1n) is 7.06. The van der Waals surface area contributed by atoms with E-state index in [4.69, 9.17) is 10.5 Å². The van der Waals surface area contributed by atoms with Crippen LogP contribution in [0.15, 0.2) is 42.5 Å². The van der Waals surface area contributed by atoms with Gasteiger partial charge in [-0.2, -0.15) is 0 Å². The number of hydrogen-bond acceptors (Lipinski definition) is 4. The number of aryl methyl sites for hydroxylation is 1. The fourth-order valence-electron chi connectivity index (χ4n) is 2.10. The summed E-state index contributed by atoms with van der Waals surface area (Å²) in [6.45, 7) is 4.04. The number of nitrogens with zero attached hydrogens (tertiary/aromatic N) is 1. The summed E-state index contributed by atoms with van der Waals surface area (Å²) < 4.78 is 6.98. The van der Waals surface area contributed by atoms with Gasteiger partial charge in [0, 0.05) is 5.56 Å². The largest absolute Gasteiger partial charge is 0.475 e. The van der Waals surface area contributed by atoms with Gasteiger partial charge in [0.25, 0.3) is 0 Å². The van der Waals surface area contributed by atoms with Gasteiger partial charge in [0.2, 0.25) is 0 Å². The number of ether oxygens (including phenoxy) is 1. The Labute approximate surface area is 128 Å². The number of benzene rings is 2. The number of rotatable bonds is 4. The van der Waals surface area contributed by atoms with E-state index < -0.39 is 0 Å². The topological polar surface area (TPSA) is 48.1 Å². The minimum absolute atomic E-state index is 0.269. The molecule has 4 heteroatoms. The summed E-state index contributed by atoms with van der Waals surface area (Å²) in [7, 11) is 0. The number of nitrogens with two attached hydrogens (primary N) is 1. The third-order valence-corrected chi connectivity index (χ3v) is 4.50. The van der Waals surface area contributed by atoms with Crippen LogP contribution in [0, 0.1) is 6.92 Å². The maximum atomic E-state index is 5.89. The van der Waals surface area contributed by atoms with Crippen molar-refractivity contribution < 1.29 is 4.74 Å². The lowest BCUT2D eigenvalue weighted by Gasteiger charge is -2.15. The van der Waals surface area contributed by atoms with Crippen molar-refractivity contribution >= 4 is 21.6 Å². The molecule has 3 rings (SSSR count). The molecular formula is C17H18N2OS. The van der Waals surface area contributed by atoms with E-state index in [0.29, 0.717) is 0 Å². The van der Waals surface area contributed by atoms with Crippen molar-refractivity contribution in [2.75, 3.05) is 0 Å². The van der Waals surface area contributed by atoms with Gasteiger partial charge in [-0.3, -0.25) is 5.73 Å². The van der Waals surface area contributed by atoms with Gasteiger partial charge in [-0.25, -0.2) is 4.98 Å². The van der Waals surface area contributed by atoms with Gasteiger partial charge in [0.05, 0.1) is 10.2 Å². The molecule has 0 fully saturated rings. The normalized spacial score (nSPS) is 12.5. The molecule has 0 spiro atoms. The number of aromatic nitrogens is 1. The van der Waals surface area contributed by atoms with E-state index >= 15 is 0 Å². The maximum absolute atomic E-state index is 5.89. The number of para-hydroxylation sites is 1. The van der Waals surface area contributed by atoms with Gasteiger partial charge in [-0.1, -0.05) is 31.2 Å². The molecule has 0 radical (unpaired) electrons. The lowest BCUT2D eigenvalue weighted by atomic mass is 10.1. The van der Waals surface area contributed by atoms with Gasteiger partial charge >= 0.3 is 0 Å². The highest BCUT2D eigenvalue weighted by Gasteiger charge is 2.10. The van der Waals surface area contributed by atoms with Crippen molar-refractivity contribution in [1.82, 2.24) is 4.98 Å². The molecule has 0 aliphatic carbocycles. The van der Waals surface area contributed by atoms with Crippen LogP contribution in [0.3, 0.4) is 0 Å². The third-order valence-electron chi connectivity index (χ3n) is 3.41. The molecule has 21 heavy (non-hydrogen) atoms. The van der Waals surface area contributed by atoms with Crippen LogP contribution < -0.4 is 10.5 Å². The molecule has 0 aliphatic rings. The van der Waals surface area contributed by atoms with Crippen LogP contribution in [0.2, 0.25) is 0 Å². The van der Waals surface area contributed by atoms with E-state index in [9.17, 15) is 0 Å². The molecule has 1 heterocycles. The molecule has 0 bridgehead atoms. The van der Waals surface area contributed by atoms with Gasteiger partial charge in [0.1, 0.15) is 17.0 Å². The van der Waals surface area contributed by atoms with E-state index in [2.05, 4.69) is 23.2 Å². The predicted octanol–water partition coefficient (Wildman–Crippen LogP) is 4.35. The SMILES string of the molecule is CCC(N)Oc1cc(-c2nc3ccccc3s2)ccc1C. The Morgan fingerprint density at radius 1 is 1.24 bits per heavy atom. The molecule has 3 aromatic rings. The first-order chi connectivity index (χ1) is 10.2. The summed E-state index contributed by atoms with van der Waals surface area (Å²) in [5, 5.41) is 1.01. The maximum Gasteiger partial charge on any atom is 0.147 e. The van der Waals surface area contributed by atoms with Crippen molar-refractivity contribution in [2.24, 2.45) is 5.73 Å². The van der Waals surface area contributed by atoms with Crippen LogP contribution >= 0.6 is 11.3 Å². The number of hydrogen-bond donors (Lipinski definition) is 1. The standard InChI is InChI=1S/C17H18N2OS/c1-3-16(18)20-14-10-12(9-8-11(14)2)17-19-13-6-4-5-7-15(13)21-17/h4-10,16H,3,18H2,1-2H3. The molecular weight excluding hydrogens is 280 g/mol. The molecule has 0 saturated carbocycles. The van der Waals surface area contributed by atoms with Crippen LogP contribution in [0.4, 0.5) is 0 Å². The van der Waals surface area contributed by atoms with Gasteiger partial charge in [-0.15, -0.1) is 11.3 Å². The number of fused-ring (bicyclic) bond motifs is 1. The van der Waals surface area contributed by atoms with E-state index in [1.54, 1.807) is 11.3 Å². The van der Waals surface area contributed by atoms with E-state index in [1.165, 1.54) is 4.70 Å². The molecule has 108 valence electrons. The summed E-state index contributed by atoms with van der Waals surface area (Å²) in [4.78, 5) is 4.68. The van der Waals surface area contributed by atoms with Crippen LogP contribution in [0.1, 0.15) is 18.9 Å². The Morgan fingerprint density at radius 2 is 2.05 bits per heavy atom. The molecule has 0 amide bonds. The van der Waals surface area contributed by atoms with Crippen LogP contribution in [-0.2, 0) is 0 Å². The monoisotopic (exact) mass is 298 g/mol. The molecule has 2 N–H and O–H groups in total. The Morgan fingerprint density at radius 3 is 2.81 bits per heavy atom. The highest BCUT2D eigenvalue weighted by molar-refractivity contribution is 7.21. The van der Waals surface area contributed by atoms with Crippen molar-refractivity contribution in [2.45, 2.75) is 26.5 Å². The first kappa shape index (κ1) is 14.0. The van der Waals surface area contributed by atoms with E-state index in [0.717, 1.165) is 33.8 Å². The summed E-state index contributed by atoms with van der Waals surface area (Å²) in [6.07, 6.45) is 0.513. The Balaban J connectivity index is 2.00. The minimum Gasteiger partial charge on any atom is -0.475 e. The fraction of sp³-hybridized carbons (Fsp3) is 0.235. The zero-order chi connectivity index (χ0) is 14.8. The third kappa shape index (κ3) is 2.91. The fourth-order valence-corrected chi connectivity index (χ4v) is 3.06. The molecule has 2 aromatic carbocycles. The molecule has 3 nitrogen and oxygen atoms in total. The molecule has 1 unspecified atom stereocenters. The first-order valence-corrected chi connectivity index (χ1v) is 7.88. The van der Waals surface area contributed by atoms with Crippen LogP contribution in [0.5, 0.6) is 5.75 Å². The zero-order valence-electron chi connectivity index (χ0n) is 12.2. The molecule has 0 saturated heterocycles. The summed E-state index contributed by atoms with van der Waals surface area (Å²) in [6, 6.07) is 14.3. The van der Waals surface area contributed by atoms with Gasteiger partial charge in [-0.05, 0) is 37.1 Å². The second-order valence-corrected chi connectivity index (χ2v) is 6.06. The molecule has 1 aromatic heterocycles. The summed E-state index contributed by atoms with van der Waals surface area (Å²) in [5.41, 5.74) is 9.08. The molecule has 1 atom stereocenters. The minimum atomic E-state index is -0.269. The van der Waals surface area contributed by atoms with E-state index in [-0.39, 0.29) is 6.23 Å². The number of thiazole rings is 1. The van der Waals surface area contributed by atoms with Crippen molar-refractivity contribution in [3.63, 3.8) is 0 Å². The van der Waals surface area contributed by atoms with Gasteiger partial charge < -0.3 is 4.74 Å². The van der Waals surface area contributed by atoms with Crippen molar-refractivity contribution in [3.05, 3.63) is 48.0 Å². The highest BCUT2D eigenvalue weighted by atomic mass is 32.1. The highest BCUT2D eigenvalue weighted by Crippen LogP contribution is 2.33. The van der Waals surface area contributed by atoms with Crippen molar-refractivity contribution in [3.8, 4) is 16.3 Å². The average molecular weight is 298 g/mol. The average Bonchev–Trinajstić information content (AvgIpc) is 2.93. The predicted molar refractivity (Wildman–Crippen MR) is 88.7 cm³/mol. The second-order valence-electron chi connectivity index (χ2n) is 5.03. The Hall–Kier alpha value is -1.91. The van der Waals surface area contributed by atoms with Crippen LogP contribution in [-0.4, -0.2) is 11.2 Å². The van der Waals surface area contributed by atoms with Crippen LogP contribution in [0.25, 0.3) is 20.8 Å². The quantitative estimate of drug-likeness (QED) is 0.729. The summed E-state index contributed by atoms with van der Waals surface area (Å²) in [5.74, 6) is 0.834. The zero-order valence-corrected chi connectivity index (χ0v) is 13.0. The Bertz CT molecular complexity index is 733.